The lowest BCUT2D eigenvalue weighted by atomic mass is 10.2. The molecular formula is C15H13ClN4O2. The van der Waals surface area contributed by atoms with E-state index < -0.39 is 0 Å². The van der Waals surface area contributed by atoms with E-state index >= 15 is 0 Å². The van der Waals surface area contributed by atoms with E-state index in [0.717, 1.165) is 5.56 Å². The van der Waals surface area contributed by atoms with Crippen molar-refractivity contribution >= 4 is 23.2 Å². The van der Waals surface area contributed by atoms with Crippen molar-refractivity contribution in [2.75, 3.05) is 0 Å². The summed E-state index contributed by atoms with van der Waals surface area (Å²) in [5, 5.41) is 6.13. The molecule has 0 unspecified atom stereocenters. The van der Waals surface area contributed by atoms with E-state index in [1.54, 1.807) is 19.1 Å². The summed E-state index contributed by atoms with van der Waals surface area (Å²) in [5.74, 6) is -0.309. The first-order chi connectivity index (χ1) is 10.5. The summed E-state index contributed by atoms with van der Waals surface area (Å²) in [4.78, 5) is 28.3. The summed E-state index contributed by atoms with van der Waals surface area (Å²) in [6.45, 7) is 2.05. The molecule has 1 amide bonds. The van der Waals surface area contributed by atoms with Crippen molar-refractivity contribution in [3.8, 4) is 0 Å². The molecule has 22 heavy (non-hydrogen) atoms. The van der Waals surface area contributed by atoms with Crippen LogP contribution in [0.3, 0.4) is 0 Å². The molecule has 2 N–H and O–H groups in total. The lowest BCUT2D eigenvalue weighted by molar-refractivity contribution is 0.0952. The maximum Gasteiger partial charge on any atom is 0.272 e. The number of benzene rings is 1. The van der Waals surface area contributed by atoms with Gasteiger partial charge in [0.25, 0.3) is 11.5 Å². The molecule has 2 aromatic heterocycles. The van der Waals surface area contributed by atoms with Crippen molar-refractivity contribution in [2.45, 2.75) is 13.5 Å². The van der Waals surface area contributed by atoms with Crippen LogP contribution in [0.25, 0.3) is 5.65 Å². The number of hydrogen-bond acceptors (Lipinski definition) is 3. The summed E-state index contributed by atoms with van der Waals surface area (Å²) in [7, 11) is 0. The lowest BCUT2D eigenvalue weighted by Gasteiger charge is -2.04. The molecule has 3 rings (SSSR count). The number of H-pyrrole nitrogens is 1. The van der Waals surface area contributed by atoms with Crippen LogP contribution in [0.15, 0.2) is 41.3 Å². The van der Waals surface area contributed by atoms with Gasteiger partial charge in [-0.1, -0.05) is 23.7 Å². The second-order valence-corrected chi connectivity index (χ2v) is 5.33. The first-order valence-corrected chi connectivity index (χ1v) is 7.03. The van der Waals surface area contributed by atoms with Crippen LogP contribution >= 0.6 is 11.6 Å². The molecule has 0 saturated heterocycles. The van der Waals surface area contributed by atoms with Crippen molar-refractivity contribution in [3.63, 3.8) is 0 Å². The van der Waals surface area contributed by atoms with Gasteiger partial charge < -0.3 is 5.32 Å². The maximum atomic E-state index is 12.3. The fourth-order valence-electron chi connectivity index (χ4n) is 2.19. The Morgan fingerprint density at radius 3 is 3.00 bits per heavy atom. The van der Waals surface area contributed by atoms with Gasteiger partial charge >= 0.3 is 0 Å². The predicted molar refractivity (Wildman–Crippen MR) is 83.2 cm³/mol. The minimum absolute atomic E-state index is 0.253. The van der Waals surface area contributed by atoms with Crippen molar-refractivity contribution < 1.29 is 4.79 Å². The van der Waals surface area contributed by atoms with Crippen molar-refractivity contribution in [2.24, 2.45) is 0 Å². The number of aryl methyl sites for hydroxylation is 1. The van der Waals surface area contributed by atoms with Gasteiger partial charge in [0.05, 0.1) is 0 Å². The standard InChI is InChI=1S/C15H13ClN4O2/c1-9-5-13(21)20-14(19-9)12(8-18-20)15(22)17-7-10-3-2-4-11(16)6-10/h2-6,8,18H,7H2,1H3,(H,17,22). The van der Waals surface area contributed by atoms with Gasteiger partial charge in [0.15, 0.2) is 5.65 Å². The zero-order valence-corrected chi connectivity index (χ0v) is 12.5. The molecule has 0 atom stereocenters. The number of aromatic nitrogens is 3. The quantitative estimate of drug-likeness (QED) is 0.774. The number of rotatable bonds is 3. The number of halogens is 1. The topological polar surface area (TPSA) is 79.3 Å². The minimum Gasteiger partial charge on any atom is -0.348 e. The first kappa shape index (κ1) is 14.3. The van der Waals surface area contributed by atoms with E-state index in [1.165, 1.54) is 16.8 Å². The summed E-state index contributed by atoms with van der Waals surface area (Å²) in [6, 6.07) is 8.64. The van der Waals surface area contributed by atoms with Crippen LogP contribution in [0, 0.1) is 6.92 Å². The van der Waals surface area contributed by atoms with E-state index in [9.17, 15) is 9.59 Å². The van der Waals surface area contributed by atoms with Gasteiger partial charge in [-0.2, -0.15) is 0 Å². The summed E-state index contributed by atoms with van der Waals surface area (Å²) in [5.41, 5.74) is 1.84. The van der Waals surface area contributed by atoms with Gasteiger partial charge in [-0.05, 0) is 24.6 Å². The molecule has 112 valence electrons. The van der Waals surface area contributed by atoms with Crippen LogP contribution in [-0.2, 0) is 6.54 Å². The average Bonchev–Trinajstić information content (AvgIpc) is 2.89. The van der Waals surface area contributed by atoms with E-state index in [2.05, 4.69) is 15.4 Å². The molecule has 0 aliphatic carbocycles. The number of fused-ring (bicyclic) bond motifs is 1. The second kappa shape index (κ2) is 5.65. The Kier molecular flexibility index (Phi) is 3.68. The number of amides is 1. The molecule has 0 saturated carbocycles. The SMILES string of the molecule is Cc1cc(=O)n2[nH]cc(C(=O)NCc3cccc(Cl)c3)c2n1. The van der Waals surface area contributed by atoms with Gasteiger partial charge in [-0.3, -0.25) is 14.7 Å². The first-order valence-electron chi connectivity index (χ1n) is 6.65. The molecule has 0 aliphatic heterocycles. The number of hydrogen-bond donors (Lipinski definition) is 2. The highest BCUT2D eigenvalue weighted by atomic mass is 35.5. The lowest BCUT2D eigenvalue weighted by Crippen LogP contribution is -2.23. The Labute approximate surface area is 130 Å². The normalized spacial score (nSPS) is 10.8. The molecule has 0 aliphatic rings. The molecule has 2 heterocycles. The average molecular weight is 317 g/mol. The van der Waals surface area contributed by atoms with Crippen LogP contribution in [-0.4, -0.2) is 20.5 Å². The largest absolute Gasteiger partial charge is 0.348 e. The molecule has 0 fully saturated rings. The molecule has 0 bridgehead atoms. The highest BCUT2D eigenvalue weighted by molar-refractivity contribution is 6.30. The zero-order valence-electron chi connectivity index (χ0n) is 11.8. The Bertz CT molecular complexity index is 913. The number of carbonyl (C=O) groups is 1. The van der Waals surface area contributed by atoms with E-state index in [0.29, 0.717) is 28.5 Å². The number of aromatic amines is 1. The van der Waals surface area contributed by atoms with E-state index in [-0.39, 0.29) is 11.5 Å². The molecule has 0 spiro atoms. The Morgan fingerprint density at radius 1 is 1.41 bits per heavy atom. The fourth-order valence-corrected chi connectivity index (χ4v) is 2.40. The maximum absolute atomic E-state index is 12.3. The summed E-state index contributed by atoms with van der Waals surface area (Å²) < 4.78 is 1.24. The third-order valence-corrected chi connectivity index (χ3v) is 3.45. The summed E-state index contributed by atoms with van der Waals surface area (Å²) in [6.07, 6.45) is 1.47. The molecule has 1 aromatic carbocycles. The van der Waals surface area contributed by atoms with Gasteiger partial charge in [0.2, 0.25) is 0 Å². The van der Waals surface area contributed by atoms with Crippen LogP contribution in [0.2, 0.25) is 5.02 Å². The monoisotopic (exact) mass is 316 g/mol. The Morgan fingerprint density at radius 2 is 2.23 bits per heavy atom. The Balaban J connectivity index is 1.85. The summed E-state index contributed by atoms with van der Waals surface area (Å²) >= 11 is 5.91. The van der Waals surface area contributed by atoms with Gasteiger partial charge in [0, 0.05) is 29.5 Å². The fraction of sp³-hybridized carbons (Fsp3) is 0.133. The van der Waals surface area contributed by atoms with Crippen molar-refractivity contribution in [1.82, 2.24) is 19.9 Å². The van der Waals surface area contributed by atoms with Crippen LogP contribution in [0.4, 0.5) is 0 Å². The Hall–Kier alpha value is -2.60. The minimum atomic E-state index is -0.309. The number of nitrogens with one attached hydrogen (secondary N) is 2. The van der Waals surface area contributed by atoms with Crippen LogP contribution < -0.4 is 10.9 Å². The molecule has 7 heteroatoms. The van der Waals surface area contributed by atoms with Crippen LogP contribution in [0.1, 0.15) is 21.6 Å². The molecule has 0 radical (unpaired) electrons. The third-order valence-electron chi connectivity index (χ3n) is 3.21. The second-order valence-electron chi connectivity index (χ2n) is 4.89. The highest BCUT2D eigenvalue weighted by Gasteiger charge is 2.14. The van der Waals surface area contributed by atoms with Gasteiger partial charge in [-0.25, -0.2) is 9.50 Å². The van der Waals surface area contributed by atoms with Crippen LogP contribution in [0.5, 0.6) is 0 Å². The third kappa shape index (κ3) is 2.73. The molecule has 3 aromatic rings. The van der Waals surface area contributed by atoms with Gasteiger partial charge in [0.1, 0.15) is 5.56 Å². The molecule has 6 nitrogen and oxygen atoms in total. The van der Waals surface area contributed by atoms with E-state index in [4.69, 9.17) is 11.6 Å². The van der Waals surface area contributed by atoms with Gasteiger partial charge in [-0.15, -0.1) is 0 Å². The zero-order chi connectivity index (χ0) is 15.7. The number of carbonyl (C=O) groups excluding carboxylic acids is 1. The molecular weight excluding hydrogens is 304 g/mol. The highest BCUT2D eigenvalue weighted by Crippen LogP contribution is 2.11. The van der Waals surface area contributed by atoms with Crippen molar-refractivity contribution in [1.29, 1.82) is 0 Å². The number of nitrogens with zero attached hydrogens (tertiary/aromatic N) is 2. The predicted octanol–water partition coefficient (Wildman–Crippen LogP) is 1.91. The smallest absolute Gasteiger partial charge is 0.272 e. The van der Waals surface area contributed by atoms with E-state index in [1.807, 2.05) is 12.1 Å². The van der Waals surface area contributed by atoms with Crippen molar-refractivity contribution in [3.05, 3.63) is 68.7 Å².